The second-order valence-electron chi connectivity index (χ2n) is 9.41. The molecule has 1 aliphatic heterocycles. The average molecular weight is 420 g/mol. The second-order valence-corrected chi connectivity index (χ2v) is 9.41. The Morgan fingerprint density at radius 1 is 1.00 bits per heavy atom. The van der Waals surface area contributed by atoms with Crippen molar-refractivity contribution in [1.29, 1.82) is 0 Å². The van der Waals surface area contributed by atoms with Gasteiger partial charge in [-0.3, -0.25) is 9.69 Å². The summed E-state index contributed by atoms with van der Waals surface area (Å²) < 4.78 is 10.9. The van der Waals surface area contributed by atoms with E-state index in [9.17, 15) is 14.4 Å². The van der Waals surface area contributed by atoms with Crippen LogP contribution in [0.5, 0.6) is 0 Å². The fourth-order valence-electron chi connectivity index (χ4n) is 2.97. The van der Waals surface area contributed by atoms with Crippen LogP contribution in [-0.2, 0) is 20.9 Å². The van der Waals surface area contributed by atoms with E-state index in [0.717, 1.165) is 5.56 Å². The molecule has 1 aromatic carbocycles. The van der Waals surface area contributed by atoms with E-state index in [1.54, 1.807) is 20.8 Å². The Kier molecular flexibility index (Phi) is 7.34. The summed E-state index contributed by atoms with van der Waals surface area (Å²) in [6, 6.07) is 8.46. The molecule has 1 aliphatic rings. The minimum Gasteiger partial charge on any atom is -0.445 e. The van der Waals surface area contributed by atoms with Crippen molar-refractivity contribution in [3.05, 3.63) is 35.9 Å². The molecule has 0 aliphatic carbocycles. The van der Waals surface area contributed by atoms with Gasteiger partial charge in [0.15, 0.2) is 0 Å². The van der Waals surface area contributed by atoms with Gasteiger partial charge in [-0.05, 0) is 47.1 Å². The minimum absolute atomic E-state index is 0.0390. The van der Waals surface area contributed by atoms with Crippen LogP contribution in [0.4, 0.5) is 9.59 Å². The van der Waals surface area contributed by atoms with Crippen LogP contribution < -0.4 is 5.32 Å². The molecule has 1 heterocycles. The molecule has 1 aromatic rings. The lowest BCUT2D eigenvalue weighted by molar-refractivity contribution is -0.129. The van der Waals surface area contributed by atoms with E-state index in [2.05, 4.69) is 5.32 Å². The van der Waals surface area contributed by atoms with Crippen LogP contribution in [0.2, 0.25) is 0 Å². The van der Waals surface area contributed by atoms with Gasteiger partial charge in [-0.15, -0.1) is 0 Å². The van der Waals surface area contributed by atoms with E-state index in [1.165, 1.54) is 9.80 Å². The first-order chi connectivity index (χ1) is 13.9. The van der Waals surface area contributed by atoms with Crippen molar-refractivity contribution in [3.63, 3.8) is 0 Å². The summed E-state index contributed by atoms with van der Waals surface area (Å²) in [4.78, 5) is 41.0. The molecule has 0 saturated carbocycles. The molecule has 3 amide bonds. The number of carbonyl (C=O) groups is 3. The number of benzene rings is 1. The SMILES string of the molecule is CC(C)(C)NC(=O)C1CN(C(=O)OC(C)(C)C)CCN1C(=O)OCc1ccccc1. The molecular weight excluding hydrogens is 386 g/mol. The fraction of sp³-hybridized carbons (Fsp3) is 0.591. The van der Waals surface area contributed by atoms with E-state index >= 15 is 0 Å². The standard InChI is InChI=1S/C22H33N3O5/c1-21(2,3)23-18(26)17-14-24(19(27)30-22(4,5)6)12-13-25(17)20(28)29-15-16-10-8-7-9-11-16/h7-11,17H,12-15H2,1-6H3,(H,23,26). The van der Waals surface area contributed by atoms with Crippen LogP contribution in [0.3, 0.4) is 0 Å². The predicted molar refractivity (Wildman–Crippen MR) is 113 cm³/mol. The number of piperazine rings is 1. The Bertz CT molecular complexity index is 752. The molecule has 30 heavy (non-hydrogen) atoms. The van der Waals surface area contributed by atoms with Gasteiger partial charge in [0.25, 0.3) is 0 Å². The van der Waals surface area contributed by atoms with Crippen LogP contribution in [0, 0.1) is 0 Å². The van der Waals surface area contributed by atoms with Crippen molar-refractivity contribution in [2.45, 2.75) is 65.3 Å². The molecule has 1 N–H and O–H groups in total. The van der Waals surface area contributed by atoms with Crippen molar-refractivity contribution in [2.24, 2.45) is 0 Å². The highest BCUT2D eigenvalue weighted by Gasteiger charge is 2.40. The second kappa shape index (κ2) is 9.36. The van der Waals surface area contributed by atoms with Crippen LogP contribution >= 0.6 is 0 Å². The maximum Gasteiger partial charge on any atom is 0.410 e. The predicted octanol–water partition coefficient (Wildman–Crippen LogP) is 3.16. The van der Waals surface area contributed by atoms with Gasteiger partial charge in [0.1, 0.15) is 18.2 Å². The number of rotatable bonds is 3. The largest absolute Gasteiger partial charge is 0.445 e. The van der Waals surface area contributed by atoms with Gasteiger partial charge in [-0.1, -0.05) is 30.3 Å². The van der Waals surface area contributed by atoms with E-state index in [-0.39, 0.29) is 32.1 Å². The zero-order valence-electron chi connectivity index (χ0n) is 18.7. The maximum atomic E-state index is 12.9. The lowest BCUT2D eigenvalue weighted by Crippen LogP contribution is -2.63. The number of nitrogens with one attached hydrogen (secondary N) is 1. The first kappa shape index (κ1) is 23.5. The third-order valence-corrected chi connectivity index (χ3v) is 4.27. The first-order valence-electron chi connectivity index (χ1n) is 10.1. The molecule has 1 saturated heterocycles. The van der Waals surface area contributed by atoms with Crippen LogP contribution in [0.15, 0.2) is 30.3 Å². The number of carbonyl (C=O) groups excluding carboxylic acids is 3. The number of hydrogen-bond acceptors (Lipinski definition) is 5. The monoisotopic (exact) mass is 419 g/mol. The lowest BCUT2D eigenvalue weighted by atomic mass is 10.1. The Morgan fingerprint density at radius 3 is 2.20 bits per heavy atom. The third kappa shape index (κ3) is 7.24. The molecule has 0 spiro atoms. The summed E-state index contributed by atoms with van der Waals surface area (Å²) in [5.41, 5.74) is -0.273. The highest BCUT2D eigenvalue weighted by molar-refractivity contribution is 5.87. The van der Waals surface area contributed by atoms with Crippen molar-refractivity contribution >= 4 is 18.1 Å². The topological polar surface area (TPSA) is 88.2 Å². The normalized spacial score (nSPS) is 17.3. The number of nitrogens with zero attached hydrogens (tertiary/aromatic N) is 2. The van der Waals surface area contributed by atoms with Gasteiger partial charge in [-0.25, -0.2) is 9.59 Å². The zero-order chi connectivity index (χ0) is 22.5. The molecule has 0 bridgehead atoms. The van der Waals surface area contributed by atoms with Gasteiger partial charge in [-0.2, -0.15) is 0 Å². The molecule has 0 aromatic heterocycles. The fourth-order valence-corrected chi connectivity index (χ4v) is 2.97. The molecule has 1 unspecified atom stereocenters. The zero-order valence-corrected chi connectivity index (χ0v) is 18.7. The molecule has 1 fully saturated rings. The van der Waals surface area contributed by atoms with Crippen LogP contribution in [0.1, 0.15) is 47.1 Å². The highest BCUT2D eigenvalue weighted by atomic mass is 16.6. The molecular formula is C22H33N3O5. The smallest absolute Gasteiger partial charge is 0.410 e. The maximum absolute atomic E-state index is 12.9. The molecule has 8 heteroatoms. The van der Waals surface area contributed by atoms with Gasteiger partial charge in [0, 0.05) is 18.6 Å². The van der Waals surface area contributed by atoms with Crippen molar-refractivity contribution < 1.29 is 23.9 Å². The van der Waals surface area contributed by atoms with E-state index in [4.69, 9.17) is 9.47 Å². The van der Waals surface area contributed by atoms with Gasteiger partial charge in [0.2, 0.25) is 5.91 Å². The Balaban J connectivity index is 2.11. The summed E-state index contributed by atoms with van der Waals surface area (Å²) in [6.45, 7) is 11.5. The summed E-state index contributed by atoms with van der Waals surface area (Å²) in [5, 5.41) is 2.89. The molecule has 166 valence electrons. The first-order valence-corrected chi connectivity index (χ1v) is 10.1. The Hall–Kier alpha value is -2.77. The summed E-state index contributed by atoms with van der Waals surface area (Å²) in [7, 11) is 0. The number of ether oxygens (including phenoxy) is 2. The molecule has 2 rings (SSSR count). The summed E-state index contributed by atoms with van der Waals surface area (Å²) in [6.07, 6.45) is -1.09. The Labute approximate surface area is 178 Å². The average Bonchev–Trinajstić information content (AvgIpc) is 2.63. The summed E-state index contributed by atoms with van der Waals surface area (Å²) in [5.74, 6) is -0.340. The van der Waals surface area contributed by atoms with E-state index < -0.39 is 29.4 Å². The molecule has 8 nitrogen and oxygen atoms in total. The van der Waals surface area contributed by atoms with E-state index in [1.807, 2.05) is 51.1 Å². The summed E-state index contributed by atoms with van der Waals surface area (Å²) >= 11 is 0. The van der Waals surface area contributed by atoms with Crippen molar-refractivity contribution in [1.82, 2.24) is 15.1 Å². The quantitative estimate of drug-likeness (QED) is 0.813. The number of amides is 3. The molecule has 0 radical (unpaired) electrons. The van der Waals surface area contributed by atoms with Crippen LogP contribution in [0.25, 0.3) is 0 Å². The highest BCUT2D eigenvalue weighted by Crippen LogP contribution is 2.17. The third-order valence-electron chi connectivity index (χ3n) is 4.27. The van der Waals surface area contributed by atoms with Crippen LogP contribution in [-0.4, -0.2) is 64.7 Å². The van der Waals surface area contributed by atoms with Crippen molar-refractivity contribution in [2.75, 3.05) is 19.6 Å². The Morgan fingerprint density at radius 2 is 1.63 bits per heavy atom. The van der Waals surface area contributed by atoms with E-state index in [0.29, 0.717) is 0 Å². The molecule has 1 atom stereocenters. The lowest BCUT2D eigenvalue weighted by Gasteiger charge is -2.40. The van der Waals surface area contributed by atoms with Gasteiger partial charge in [0.05, 0.1) is 6.54 Å². The van der Waals surface area contributed by atoms with Gasteiger partial charge < -0.3 is 19.7 Å². The van der Waals surface area contributed by atoms with Crippen molar-refractivity contribution in [3.8, 4) is 0 Å². The number of hydrogen-bond donors (Lipinski definition) is 1. The van der Waals surface area contributed by atoms with Gasteiger partial charge >= 0.3 is 12.2 Å². The minimum atomic E-state index is -0.867.